The van der Waals surface area contributed by atoms with Crippen molar-refractivity contribution in [3.8, 4) is 0 Å². The van der Waals surface area contributed by atoms with E-state index in [4.69, 9.17) is 5.11 Å². The summed E-state index contributed by atoms with van der Waals surface area (Å²) < 4.78 is 4.66. The van der Waals surface area contributed by atoms with E-state index >= 15 is 0 Å². The van der Waals surface area contributed by atoms with Gasteiger partial charge in [0, 0.05) is 12.1 Å². The van der Waals surface area contributed by atoms with Gasteiger partial charge in [-0.15, -0.1) is 0 Å². The third-order valence-corrected chi connectivity index (χ3v) is 3.26. The fourth-order valence-electron chi connectivity index (χ4n) is 2.69. The molecule has 0 aromatic rings. The number of fused-ring (bicyclic) bond motifs is 2. The van der Waals surface area contributed by atoms with Crippen LogP contribution in [0.5, 0.6) is 0 Å². The van der Waals surface area contributed by atoms with Gasteiger partial charge < -0.3 is 14.7 Å². The molecule has 1 N–H and O–H groups in total. The highest BCUT2D eigenvalue weighted by Crippen LogP contribution is 2.41. The van der Waals surface area contributed by atoms with E-state index in [1.54, 1.807) is 0 Å². The van der Waals surface area contributed by atoms with Gasteiger partial charge in [-0.2, -0.15) is 0 Å². The van der Waals surface area contributed by atoms with E-state index in [1.165, 1.54) is 12.0 Å². The third kappa shape index (κ3) is 1.15. The van der Waals surface area contributed by atoms with Crippen molar-refractivity contribution in [3.63, 3.8) is 0 Å². The van der Waals surface area contributed by atoms with E-state index in [9.17, 15) is 9.59 Å². The average Bonchev–Trinajstić information content (AvgIpc) is 2.72. The van der Waals surface area contributed by atoms with Crippen LogP contribution in [0.25, 0.3) is 0 Å². The van der Waals surface area contributed by atoms with Crippen molar-refractivity contribution in [1.82, 2.24) is 4.90 Å². The average molecular weight is 199 g/mol. The van der Waals surface area contributed by atoms with Crippen LogP contribution in [0.2, 0.25) is 0 Å². The zero-order valence-electron chi connectivity index (χ0n) is 7.97. The number of rotatable bonds is 1. The fraction of sp³-hybridized carbons (Fsp3) is 0.778. The summed E-state index contributed by atoms with van der Waals surface area (Å²) in [5.41, 5.74) is 0. The van der Waals surface area contributed by atoms with Crippen molar-refractivity contribution in [2.24, 2.45) is 5.92 Å². The van der Waals surface area contributed by atoms with Crippen LogP contribution >= 0.6 is 0 Å². The van der Waals surface area contributed by atoms with E-state index in [2.05, 4.69) is 4.74 Å². The zero-order valence-corrected chi connectivity index (χ0v) is 7.97. The van der Waals surface area contributed by atoms with Gasteiger partial charge >= 0.3 is 12.1 Å². The number of carbonyl (C=O) groups is 2. The molecule has 2 bridgehead atoms. The summed E-state index contributed by atoms with van der Waals surface area (Å²) in [6.45, 7) is 0. The molecule has 2 aliphatic heterocycles. The monoisotopic (exact) mass is 199 g/mol. The first-order chi connectivity index (χ1) is 6.65. The van der Waals surface area contributed by atoms with Crippen molar-refractivity contribution in [2.75, 3.05) is 7.11 Å². The van der Waals surface area contributed by atoms with Crippen LogP contribution in [0, 0.1) is 5.92 Å². The second kappa shape index (κ2) is 3.15. The summed E-state index contributed by atoms with van der Waals surface area (Å²) in [4.78, 5) is 23.6. The van der Waals surface area contributed by atoms with Crippen molar-refractivity contribution in [2.45, 2.75) is 31.3 Å². The summed E-state index contributed by atoms with van der Waals surface area (Å²) in [5, 5.41) is 8.94. The molecule has 0 aromatic heterocycles. The second-order valence-corrected chi connectivity index (χ2v) is 3.85. The lowest BCUT2D eigenvalue weighted by Gasteiger charge is -2.19. The number of hydrogen-bond acceptors (Lipinski definition) is 3. The molecular weight excluding hydrogens is 186 g/mol. The predicted molar refractivity (Wildman–Crippen MR) is 46.8 cm³/mol. The number of hydrogen-bond donors (Lipinski definition) is 1. The largest absolute Gasteiger partial charge is 0.469 e. The lowest BCUT2D eigenvalue weighted by molar-refractivity contribution is -0.146. The van der Waals surface area contributed by atoms with Gasteiger partial charge in [0.1, 0.15) is 0 Å². The Morgan fingerprint density at radius 2 is 2.14 bits per heavy atom. The minimum atomic E-state index is -0.913. The Kier molecular flexibility index (Phi) is 2.09. The fourth-order valence-corrected chi connectivity index (χ4v) is 2.69. The van der Waals surface area contributed by atoms with Crippen LogP contribution in [-0.2, 0) is 9.53 Å². The van der Waals surface area contributed by atoms with Crippen LogP contribution in [0.4, 0.5) is 4.79 Å². The summed E-state index contributed by atoms with van der Waals surface area (Å²) >= 11 is 0. The van der Waals surface area contributed by atoms with Crippen LogP contribution in [0.15, 0.2) is 0 Å². The van der Waals surface area contributed by atoms with Gasteiger partial charge in [-0.05, 0) is 19.3 Å². The maximum Gasteiger partial charge on any atom is 0.407 e. The molecule has 2 heterocycles. The van der Waals surface area contributed by atoms with Gasteiger partial charge in [0.2, 0.25) is 0 Å². The Morgan fingerprint density at radius 1 is 1.43 bits per heavy atom. The minimum Gasteiger partial charge on any atom is -0.469 e. The molecule has 3 unspecified atom stereocenters. The maximum absolute atomic E-state index is 11.3. The smallest absolute Gasteiger partial charge is 0.407 e. The Labute approximate surface area is 81.6 Å². The molecule has 2 aliphatic rings. The minimum absolute atomic E-state index is 0.0293. The molecule has 2 saturated heterocycles. The first-order valence-electron chi connectivity index (χ1n) is 4.74. The van der Waals surface area contributed by atoms with Gasteiger partial charge in [-0.3, -0.25) is 4.79 Å². The molecule has 0 aromatic carbocycles. The maximum atomic E-state index is 11.3. The second-order valence-electron chi connectivity index (χ2n) is 3.85. The topological polar surface area (TPSA) is 66.8 Å². The highest BCUT2D eigenvalue weighted by Gasteiger charge is 2.51. The van der Waals surface area contributed by atoms with Crippen molar-refractivity contribution < 1.29 is 19.4 Å². The van der Waals surface area contributed by atoms with Gasteiger partial charge in [0.05, 0.1) is 13.0 Å². The first-order valence-corrected chi connectivity index (χ1v) is 4.74. The molecule has 2 rings (SSSR count). The van der Waals surface area contributed by atoms with Crippen molar-refractivity contribution >= 4 is 12.1 Å². The van der Waals surface area contributed by atoms with Crippen LogP contribution in [0.3, 0.4) is 0 Å². The quantitative estimate of drug-likeness (QED) is 0.631. The number of nitrogens with zero attached hydrogens (tertiary/aromatic N) is 1. The van der Waals surface area contributed by atoms with E-state index in [0.717, 1.165) is 12.8 Å². The van der Waals surface area contributed by atoms with Gasteiger partial charge in [0.15, 0.2) is 0 Å². The van der Waals surface area contributed by atoms with Gasteiger partial charge in [-0.1, -0.05) is 0 Å². The SMILES string of the molecule is COC(=O)C1CC2CCC1N2C(=O)O. The lowest BCUT2D eigenvalue weighted by atomic mass is 9.89. The summed E-state index contributed by atoms with van der Waals surface area (Å²) in [6, 6.07) is -0.119. The molecule has 5 nitrogen and oxygen atoms in total. The predicted octanol–water partition coefficient (Wildman–Crippen LogP) is 0.690. The van der Waals surface area contributed by atoms with Crippen LogP contribution in [0.1, 0.15) is 19.3 Å². The summed E-state index contributed by atoms with van der Waals surface area (Å²) in [6.07, 6.45) is 1.38. The molecule has 0 saturated carbocycles. The molecule has 0 spiro atoms. The normalized spacial score (nSPS) is 34.6. The number of carboxylic acid groups (broad SMARTS) is 1. The Bertz CT molecular complexity index is 278. The van der Waals surface area contributed by atoms with Crippen LogP contribution in [-0.4, -0.2) is 41.3 Å². The summed E-state index contributed by atoms with van der Waals surface area (Å²) in [7, 11) is 1.35. The van der Waals surface area contributed by atoms with Crippen LogP contribution < -0.4 is 0 Å². The molecule has 2 fully saturated rings. The van der Waals surface area contributed by atoms with Gasteiger partial charge in [0.25, 0.3) is 0 Å². The standard InChI is InChI=1S/C9H13NO4/c1-14-8(11)6-4-5-2-3-7(6)10(5)9(12)13/h5-7H,2-4H2,1H3,(H,12,13). The van der Waals surface area contributed by atoms with Crippen molar-refractivity contribution in [3.05, 3.63) is 0 Å². The highest BCUT2D eigenvalue weighted by molar-refractivity contribution is 5.76. The molecule has 3 atom stereocenters. The molecule has 14 heavy (non-hydrogen) atoms. The zero-order chi connectivity index (χ0) is 10.3. The number of amides is 1. The van der Waals surface area contributed by atoms with Gasteiger partial charge in [-0.25, -0.2) is 4.79 Å². The van der Waals surface area contributed by atoms with E-state index in [-0.39, 0.29) is 24.0 Å². The molecule has 5 heteroatoms. The molecular formula is C9H13NO4. The van der Waals surface area contributed by atoms with E-state index in [0.29, 0.717) is 6.42 Å². The highest BCUT2D eigenvalue weighted by atomic mass is 16.5. The number of esters is 1. The third-order valence-electron chi connectivity index (χ3n) is 3.26. The first kappa shape index (κ1) is 9.30. The molecule has 0 radical (unpaired) electrons. The summed E-state index contributed by atoms with van der Waals surface area (Å²) in [5.74, 6) is -0.515. The lowest BCUT2D eigenvalue weighted by Crippen LogP contribution is -2.37. The van der Waals surface area contributed by atoms with Crippen molar-refractivity contribution in [1.29, 1.82) is 0 Å². The number of methoxy groups -OCH3 is 1. The Balaban J connectivity index is 2.15. The van der Waals surface area contributed by atoms with E-state index < -0.39 is 6.09 Å². The molecule has 78 valence electrons. The Hall–Kier alpha value is -1.26. The Morgan fingerprint density at radius 3 is 2.64 bits per heavy atom. The molecule has 0 aliphatic carbocycles. The number of carbonyl (C=O) groups excluding carboxylic acids is 1. The van der Waals surface area contributed by atoms with E-state index in [1.807, 2.05) is 0 Å². The molecule has 1 amide bonds. The number of ether oxygens (including phenoxy) is 1.